The number of carbonyl (C=O) groups is 2. The molecule has 29 heavy (non-hydrogen) atoms. The number of benzene rings is 2. The summed E-state index contributed by atoms with van der Waals surface area (Å²) in [5.41, 5.74) is -0.563. The molecule has 0 atom stereocenters. The van der Waals surface area contributed by atoms with Gasteiger partial charge in [0.05, 0.1) is 16.9 Å². The van der Waals surface area contributed by atoms with Gasteiger partial charge in [-0.15, -0.1) is 0 Å². The molecule has 0 radical (unpaired) electrons. The lowest BCUT2D eigenvalue weighted by molar-refractivity contribution is -0.137. The zero-order valence-corrected chi connectivity index (χ0v) is 14.7. The first-order valence-corrected chi connectivity index (χ1v) is 8.41. The van der Waals surface area contributed by atoms with Crippen molar-refractivity contribution < 1.29 is 22.8 Å². The summed E-state index contributed by atoms with van der Waals surface area (Å²) < 4.78 is 40.4. The van der Waals surface area contributed by atoms with E-state index in [4.69, 9.17) is 0 Å². The molecule has 2 aromatic carbocycles. The Morgan fingerprint density at radius 3 is 2.38 bits per heavy atom. The van der Waals surface area contributed by atoms with Gasteiger partial charge in [-0.05, 0) is 30.3 Å². The largest absolute Gasteiger partial charge is 0.416 e. The zero-order chi connectivity index (χ0) is 20.6. The first kappa shape index (κ1) is 18.5. The first-order valence-electron chi connectivity index (χ1n) is 8.41. The van der Waals surface area contributed by atoms with E-state index in [1.54, 1.807) is 30.3 Å². The van der Waals surface area contributed by atoms with Crippen LogP contribution in [-0.2, 0) is 15.8 Å². The van der Waals surface area contributed by atoms with E-state index in [-0.39, 0.29) is 17.2 Å². The molecule has 4 rings (SSSR count). The Morgan fingerprint density at radius 1 is 0.931 bits per heavy atom. The molecule has 0 unspecified atom stereocenters. The van der Waals surface area contributed by atoms with Crippen LogP contribution in [-0.4, -0.2) is 38.6 Å². The predicted molar refractivity (Wildman–Crippen MR) is 96.7 cm³/mol. The van der Waals surface area contributed by atoms with Crippen LogP contribution in [0.1, 0.15) is 11.4 Å². The fraction of sp³-hybridized carbons (Fsp3) is 0.105. The summed E-state index contributed by atoms with van der Waals surface area (Å²) >= 11 is 0. The lowest BCUT2D eigenvalue weighted by Crippen LogP contribution is -2.42. The van der Waals surface area contributed by atoms with Crippen molar-refractivity contribution in [1.82, 2.24) is 14.8 Å². The summed E-state index contributed by atoms with van der Waals surface area (Å²) in [7, 11) is 0. The molecule has 1 aliphatic heterocycles. The fourth-order valence-electron chi connectivity index (χ4n) is 2.84. The number of ketones is 2. The normalized spacial score (nSPS) is 14.9. The van der Waals surface area contributed by atoms with Crippen molar-refractivity contribution in [2.45, 2.75) is 6.18 Å². The van der Waals surface area contributed by atoms with Gasteiger partial charge in [-0.3, -0.25) is 14.6 Å². The van der Waals surface area contributed by atoms with E-state index < -0.39 is 29.9 Å². The standard InChI is InChI=1S/C19H12F3N5O2/c20-19(21,22)12-5-4-8-14(9-12)26-10-15(28)17(29)16(25-26)18-23-11-24-27(18)13-6-2-1-3-7-13/h1-9,11H,10H2. The van der Waals surface area contributed by atoms with Gasteiger partial charge in [0.25, 0.3) is 5.78 Å². The summed E-state index contributed by atoms with van der Waals surface area (Å²) in [6.45, 7) is -0.469. The van der Waals surface area contributed by atoms with Gasteiger partial charge in [0.1, 0.15) is 12.9 Å². The molecule has 0 fully saturated rings. The minimum absolute atomic E-state index is 0.0197. The van der Waals surface area contributed by atoms with Crippen LogP contribution in [0.4, 0.5) is 18.9 Å². The van der Waals surface area contributed by atoms with E-state index in [0.29, 0.717) is 5.69 Å². The van der Waals surface area contributed by atoms with Crippen LogP contribution in [0.5, 0.6) is 0 Å². The van der Waals surface area contributed by atoms with E-state index >= 15 is 0 Å². The quantitative estimate of drug-likeness (QED) is 0.633. The van der Waals surface area contributed by atoms with Crippen LogP contribution < -0.4 is 5.01 Å². The maximum Gasteiger partial charge on any atom is 0.416 e. The third-order valence-electron chi connectivity index (χ3n) is 4.21. The topological polar surface area (TPSA) is 80.5 Å². The van der Waals surface area contributed by atoms with Crippen LogP contribution in [0.2, 0.25) is 0 Å². The van der Waals surface area contributed by atoms with Crippen molar-refractivity contribution in [3.05, 3.63) is 72.3 Å². The van der Waals surface area contributed by atoms with Crippen LogP contribution in [0, 0.1) is 0 Å². The van der Waals surface area contributed by atoms with Crippen molar-refractivity contribution in [3.8, 4) is 5.69 Å². The Morgan fingerprint density at radius 2 is 1.66 bits per heavy atom. The number of carbonyl (C=O) groups excluding carboxylic acids is 2. The average molecular weight is 399 g/mol. The monoisotopic (exact) mass is 399 g/mol. The number of nitrogens with zero attached hydrogens (tertiary/aromatic N) is 5. The molecular weight excluding hydrogens is 387 g/mol. The van der Waals surface area contributed by atoms with Crippen LogP contribution in [0.15, 0.2) is 66.0 Å². The molecule has 0 bridgehead atoms. The Labute approximate surface area is 162 Å². The maximum atomic E-state index is 13.0. The molecule has 0 aliphatic carbocycles. The Hall–Kier alpha value is -3.82. The summed E-state index contributed by atoms with van der Waals surface area (Å²) in [5.74, 6) is -1.67. The van der Waals surface area contributed by atoms with Crippen molar-refractivity contribution in [2.75, 3.05) is 11.6 Å². The SMILES string of the molecule is O=C1CN(c2cccc(C(F)(F)F)c2)N=C(c2ncnn2-c2ccccc2)C1=O. The third kappa shape index (κ3) is 3.51. The summed E-state index contributed by atoms with van der Waals surface area (Å²) in [5, 5.41) is 9.24. The number of hydrazone groups is 1. The number of hydrogen-bond donors (Lipinski definition) is 0. The van der Waals surface area contributed by atoms with E-state index in [1.807, 2.05) is 0 Å². The molecule has 146 valence electrons. The van der Waals surface area contributed by atoms with E-state index in [2.05, 4.69) is 15.2 Å². The highest BCUT2D eigenvalue weighted by molar-refractivity contribution is 6.69. The number of rotatable bonds is 3. The molecular formula is C19H12F3N5O2. The Bertz CT molecular complexity index is 1120. The van der Waals surface area contributed by atoms with Crippen molar-refractivity contribution >= 4 is 23.0 Å². The average Bonchev–Trinajstić information content (AvgIpc) is 3.20. The minimum atomic E-state index is -4.55. The first-order chi connectivity index (χ1) is 13.8. The number of hydrogen-bond acceptors (Lipinski definition) is 6. The highest BCUT2D eigenvalue weighted by Gasteiger charge is 2.35. The molecule has 0 spiro atoms. The van der Waals surface area contributed by atoms with E-state index in [0.717, 1.165) is 17.1 Å². The van der Waals surface area contributed by atoms with Gasteiger partial charge in [-0.25, -0.2) is 9.67 Å². The lowest BCUT2D eigenvalue weighted by Gasteiger charge is -2.24. The third-order valence-corrected chi connectivity index (χ3v) is 4.21. The van der Waals surface area contributed by atoms with Crippen LogP contribution in [0.25, 0.3) is 5.69 Å². The van der Waals surface area contributed by atoms with Gasteiger partial charge < -0.3 is 0 Å². The molecule has 1 aliphatic rings. The van der Waals surface area contributed by atoms with Crippen molar-refractivity contribution in [1.29, 1.82) is 0 Å². The van der Waals surface area contributed by atoms with E-state index in [1.165, 1.54) is 23.1 Å². The number of halogens is 3. The van der Waals surface area contributed by atoms with Crippen molar-refractivity contribution in [3.63, 3.8) is 0 Å². The minimum Gasteiger partial charge on any atom is -0.288 e. The summed E-state index contributed by atoms with van der Waals surface area (Å²) in [6.07, 6.45) is -3.35. The van der Waals surface area contributed by atoms with Crippen LogP contribution in [0.3, 0.4) is 0 Å². The second-order valence-corrected chi connectivity index (χ2v) is 6.14. The number of aromatic nitrogens is 3. The molecule has 0 N–H and O–H groups in total. The van der Waals surface area contributed by atoms with E-state index in [9.17, 15) is 22.8 Å². The van der Waals surface area contributed by atoms with Gasteiger partial charge in [-0.1, -0.05) is 24.3 Å². The predicted octanol–water partition coefficient (Wildman–Crippen LogP) is 2.65. The number of anilines is 1. The van der Waals surface area contributed by atoms with Gasteiger partial charge >= 0.3 is 6.18 Å². The highest BCUT2D eigenvalue weighted by Crippen LogP contribution is 2.32. The molecule has 0 saturated heterocycles. The highest BCUT2D eigenvalue weighted by atomic mass is 19.4. The maximum absolute atomic E-state index is 13.0. The summed E-state index contributed by atoms with van der Waals surface area (Å²) in [6, 6.07) is 13.1. The van der Waals surface area contributed by atoms with Crippen LogP contribution >= 0.6 is 0 Å². The van der Waals surface area contributed by atoms with Gasteiger partial charge in [-0.2, -0.15) is 23.4 Å². The Kier molecular flexibility index (Phi) is 4.45. The second-order valence-electron chi connectivity index (χ2n) is 6.14. The number of alkyl halides is 3. The molecule has 10 heteroatoms. The van der Waals surface area contributed by atoms with Gasteiger partial charge in [0.15, 0.2) is 11.5 Å². The van der Waals surface area contributed by atoms with Gasteiger partial charge in [0, 0.05) is 0 Å². The van der Waals surface area contributed by atoms with Gasteiger partial charge in [0.2, 0.25) is 5.78 Å². The molecule has 1 aromatic heterocycles. The molecule has 2 heterocycles. The fourth-order valence-corrected chi connectivity index (χ4v) is 2.84. The number of para-hydroxylation sites is 1. The molecule has 7 nitrogen and oxygen atoms in total. The Balaban J connectivity index is 1.79. The zero-order valence-electron chi connectivity index (χ0n) is 14.7. The molecule has 3 aromatic rings. The molecule has 0 saturated carbocycles. The second kappa shape index (κ2) is 6.97. The lowest BCUT2D eigenvalue weighted by atomic mass is 10.1. The van der Waals surface area contributed by atoms with Crippen molar-refractivity contribution in [2.24, 2.45) is 5.10 Å². The smallest absolute Gasteiger partial charge is 0.288 e. The number of Topliss-reactive ketones (excluding diaryl/α,β-unsaturated/α-hetero) is 2. The molecule has 0 amide bonds. The summed E-state index contributed by atoms with van der Waals surface area (Å²) in [4.78, 5) is 28.7.